The van der Waals surface area contributed by atoms with Crippen LogP contribution < -0.4 is 15.5 Å². The number of rotatable bonds is 4. The number of amides is 2. The average Bonchev–Trinajstić information content (AvgIpc) is 2.83. The smallest absolute Gasteiger partial charge is 0.329 e. The maximum atomic E-state index is 11.9. The molecule has 0 aromatic heterocycles. The minimum atomic E-state index is -0.760. The standard InChI is InChI=1S/C17H22BrN3O3/c1-24-15-9-8-13(18)10-12(15)11-19-21-17(23)16(22)20-14-6-4-2-3-5-7-14/h8-11,14H,2-7H2,1H3,(H,20,22)(H,21,23). The maximum absolute atomic E-state index is 11.9. The second-order valence-corrected chi connectivity index (χ2v) is 6.66. The van der Waals surface area contributed by atoms with Crippen LogP contribution in [0.4, 0.5) is 0 Å². The van der Waals surface area contributed by atoms with Gasteiger partial charge in [-0.05, 0) is 31.0 Å². The molecule has 24 heavy (non-hydrogen) atoms. The predicted molar refractivity (Wildman–Crippen MR) is 96.1 cm³/mol. The van der Waals surface area contributed by atoms with Crippen LogP contribution in [0.25, 0.3) is 0 Å². The molecule has 1 aliphatic carbocycles. The van der Waals surface area contributed by atoms with Crippen LogP contribution in [-0.4, -0.2) is 31.2 Å². The van der Waals surface area contributed by atoms with Gasteiger partial charge in [0.2, 0.25) is 0 Å². The molecule has 2 rings (SSSR count). The Bertz CT molecular complexity index is 611. The summed E-state index contributed by atoms with van der Waals surface area (Å²) in [6.45, 7) is 0. The van der Waals surface area contributed by atoms with Gasteiger partial charge < -0.3 is 10.1 Å². The molecular weight excluding hydrogens is 374 g/mol. The van der Waals surface area contributed by atoms with E-state index >= 15 is 0 Å². The minimum Gasteiger partial charge on any atom is -0.496 e. The normalized spacial score (nSPS) is 15.8. The van der Waals surface area contributed by atoms with Gasteiger partial charge in [0, 0.05) is 16.1 Å². The van der Waals surface area contributed by atoms with Crippen LogP contribution in [-0.2, 0) is 9.59 Å². The highest BCUT2D eigenvalue weighted by molar-refractivity contribution is 9.10. The van der Waals surface area contributed by atoms with Gasteiger partial charge in [-0.1, -0.05) is 41.6 Å². The van der Waals surface area contributed by atoms with Crippen molar-refractivity contribution in [3.05, 3.63) is 28.2 Å². The molecule has 1 aliphatic rings. The number of methoxy groups -OCH3 is 1. The lowest BCUT2D eigenvalue weighted by Crippen LogP contribution is -2.43. The fourth-order valence-electron chi connectivity index (χ4n) is 2.69. The number of hydrogen-bond acceptors (Lipinski definition) is 4. The highest BCUT2D eigenvalue weighted by Gasteiger charge is 2.19. The van der Waals surface area contributed by atoms with E-state index in [0.29, 0.717) is 11.3 Å². The van der Waals surface area contributed by atoms with E-state index in [1.54, 1.807) is 19.2 Å². The van der Waals surface area contributed by atoms with Crippen LogP contribution in [0, 0.1) is 0 Å². The summed E-state index contributed by atoms with van der Waals surface area (Å²) in [5, 5.41) is 6.62. The van der Waals surface area contributed by atoms with Crippen LogP contribution in [0.1, 0.15) is 44.1 Å². The summed E-state index contributed by atoms with van der Waals surface area (Å²) in [5.41, 5.74) is 2.95. The van der Waals surface area contributed by atoms with Gasteiger partial charge in [-0.2, -0.15) is 5.10 Å². The summed E-state index contributed by atoms with van der Waals surface area (Å²) in [7, 11) is 1.55. The molecule has 2 N–H and O–H groups in total. The van der Waals surface area contributed by atoms with Crippen molar-refractivity contribution in [2.24, 2.45) is 5.10 Å². The van der Waals surface area contributed by atoms with Crippen LogP contribution in [0.5, 0.6) is 5.75 Å². The molecule has 0 radical (unpaired) electrons. The molecule has 7 heteroatoms. The first kappa shape index (κ1) is 18.4. The first-order valence-corrected chi connectivity index (χ1v) is 8.87. The Labute approximate surface area is 150 Å². The van der Waals surface area contributed by atoms with E-state index in [4.69, 9.17) is 4.74 Å². The first-order chi connectivity index (χ1) is 11.6. The molecule has 130 valence electrons. The second kappa shape index (κ2) is 9.42. The Kier molecular flexibility index (Phi) is 7.24. The van der Waals surface area contributed by atoms with Gasteiger partial charge in [0.15, 0.2) is 0 Å². The topological polar surface area (TPSA) is 79.8 Å². The van der Waals surface area contributed by atoms with Crippen LogP contribution >= 0.6 is 15.9 Å². The molecular formula is C17H22BrN3O3. The number of nitrogens with zero attached hydrogens (tertiary/aromatic N) is 1. The zero-order valence-electron chi connectivity index (χ0n) is 13.7. The van der Waals surface area contributed by atoms with Crippen LogP contribution in [0.15, 0.2) is 27.8 Å². The average molecular weight is 396 g/mol. The zero-order chi connectivity index (χ0) is 17.4. The molecule has 0 saturated heterocycles. The number of nitrogens with one attached hydrogen (secondary N) is 2. The quantitative estimate of drug-likeness (QED) is 0.356. The van der Waals surface area contributed by atoms with Gasteiger partial charge in [-0.25, -0.2) is 5.43 Å². The Morgan fingerprint density at radius 2 is 1.92 bits per heavy atom. The van der Waals surface area contributed by atoms with Crippen molar-refractivity contribution in [3.63, 3.8) is 0 Å². The van der Waals surface area contributed by atoms with Gasteiger partial charge in [0.25, 0.3) is 0 Å². The van der Waals surface area contributed by atoms with Crippen molar-refractivity contribution in [1.29, 1.82) is 0 Å². The fraction of sp³-hybridized carbons (Fsp3) is 0.471. The monoisotopic (exact) mass is 395 g/mol. The van der Waals surface area contributed by atoms with E-state index in [1.807, 2.05) is 6.07 Å². The highest BCUT2D eigenvalue weighted by atomic mass is 79.9. The summed E-state index contributed by atoms with van der Waals surface area (Å²) >= 11 is 3.36. The zero-order valence-corrected chi connectivity index (χ0v) is 15.3. The molecule has 0 atom stereocenters. The lowest BCUT2D eigenvalue weighted by atomic mass is 10.1. The van der Waals surface area contributed by atoms with Crippen molar-refractivity contribution < 1.29 is 14.3 Å². The molecule has 1 saturated carbocycles. The van der Waals surface area contributed by atoms with E-state index in [-0.39, 0.29) is 6.04 Å². The van der Waals surface area contributed by atoms with Crippen molar-refractivity contribution in [2.45, 2.75) is 44.6 Å². The minimum absolute atomic E-state index is 0.0832. The summed E-state index contributed by atoms with van der Waals surface area (Å²) < 4.78 is 6.08. The molecule has 6 nitrogen and oxygen atoms in total. The Morgan fingerprint density at radius 3 is 2.58 bits per heavy atom. The first-order valence-electron chi connectivity index (χ1n) is 8.07. The summed E-state index contributed by atoms with van der Waals surface area (Å²) in [4.78, 5) is 23.8. The number of hydrazone groups is 1. The van der Waals surface area contributed by atoms with Crippen molar-refractivity contribution in [2.75, 3.05) is 7.11 Å². The summed E-state index contributed by atoms with van der Waals surface area (Å²) in [6.07, 6.45) is 7.87. The lowest BCUT2D eigenvalue weighted by molar-refractivity contribution is -0.139. The number of ether oxygens (including phenoxy) is 1. The predicted octanol–water partition coefficient (Wildman–Crippen LogP) is 2.75. The number of halogens is 1. The number of carbonyl (C=O) groups is 2. The van der Waals surface area contributed by atoms with Crippen LogP contribution in [0.2, 0.25) is 0 Å². The molecule has 0 spiro atoms. The van der Waals surface area contributed by atoms with Gasteiger partial charge >= 0.3 is 11.8 Å². The maximum Gasteiger partial charge on any atom is 0.329 e. The molecule has 0 unspecified atom stereocenters. The van der Waals surface area contributed by atoms with Crippen LogP contribution in [0.3, 0.4) is 0 Å². The second-order valence-electron chi connectivity index (χ2n) is 5.75. The van der Waals surface area contributed by atoms with E-state index in [9.17, 15) is 9.59 Å². The lowest BCUT2D eigenvalue weighted by Gasteiger charge is -2.15. The molecule has 1 fully saturated rings. The molecule has 0 heterocycles. The van der Waals surface area contributed by atoms with Gasteiger partial charge in [-0.3, -0.25) is 9.59 Å². The largest absolute Gasteiger partial charge is 0.496 e. The van der Waals surface area contributed by atoms with E-state index in [0.717, 1.165) is 30.2 Å². The Morgan fingerprint density at radius 1 is 1.21 bits per heavy atom. The number of carbonyl (C=O) groups excluding carboxylic acids is 2. The summed E-state index contributed by atoms with van der Waals surface area (Å²) in [5.74, 6) is -0.774. The Balaban J connectivity index is 1.87. The van der Waals surface area contributed by atoms with Crippen molar-refractivity contribution in [1.82, 2.24) is 10.7 Å². The summed E-state index contributed by atoms with van der Waals surface area (Å²) in [6, 6.07) is 5.51. The Hall–Kier alpha value is -1.89. The third kappa shape index (κ3) is 5.63. The molecule has 1 aromatic rings. The van der Waals surface area contributed by atoms with Gasteiger partial charge in [0.1, 0.15) is 5.75 Å². The molecule has 2 amide bonds. The van der Waals surface area contributed by atoms with Gasteiger partial charge in [0.05, 0.1) is 13.3 Å². The third-order valence-corrected chi connectivity index (χ3v) is 4.45. The van der Waals surface area contributed by atoms with Gasteiger partial charge in [-0.15, -0.1) is 0 Å². The fourth-order valence-corrected chi connectivity index (χ4v) is 3.07. The molecule has 1 aromatic carbocycles. The molecule has 0 bridgehead atoms. The number of hydrogen-bond donors (Lipinski definition) is 2. The van der Waals surface area contributed by atoms with Crippen molar-refractivity contribution >= 4 is 34.0 Å². The van der Waals surface area contributed by atoms with E-state index in [1.165, 1.54) is 19.1 Å². The third-order valence-electron chi connectivity index (χ3n) is 3.96. The van der Waals surface area contributed by atoms with E-state index in [2.05, 4.69) is 31.8 Å². The highest BCUT2D eigenvalue weighted by Crippen LogP contribution is 2.21. The molecule has 0 aliphatic heterocycles. The van der Waals surface area contributed by atoms with E-state index < -0.39 is 11.8 Å². The van der Waals surface area contributed by atoms with Crippen molar-refractivity contribution in [3.8, 4) is 5.75 Å². The number of benzene rings is 1. The SMILES string of the molecule is COc1ccc(Br)cc1C=NNC(=O)C(=O)NC1CCCCCC1.